The third-order valence-electron chi connectivity index (χ3n) is 2.69. The van der Waals surface area contributed by atoms with E-state index in [9.17, 15) is 9.59 Å². The van der Waals surface area contributed by atoms with Crippen LogP contribution < -0.4 is 10.9 Å². The summed E-state index contributed by atoms with van der Waals surface area (Å²) in [6.07, 6.45) is 6.14. The number of nitrogens with one attached hydrogen (secondary N) is 2. The van der Waals surface area contributed by atoms with E-state index in [0.29, 0.717) is 6.54 Å². The van der Waals surface area contributed by atoms with Crippen LogP contribution in [0.2, 0.25) is 0 Å². The lowest BCUT2D eigenvalue weighted by Crippen LogP contribution is -2.46. The number of hydrazine groups is 1. The van der Waals surface area contributed by atoms with E-state index in [1.165, 1.54) is 26.2 Å². The molecule has 0 atom stereocenters. The molecule has 5 nitrogen and oxygen atoms in total. The number of hydrogen-bond donors (Lipinski definition) is 2. The van der Waals surface area contributed by atoms with Gasteiger partial charge in [-0.15, -0.1) is 0 Å². The van der Waals surface area contributed by atoms with Gasteiger partial charge in [-0.25, -0.2) is 0 Å². The van der Waals surface area contributed by atoms with Crippen LogP contribution in [0.5, 0.6) is 0 Å². The number of nitrogens with zero attached hydrogens (tertiary/aromatic N) is 1. The first-order chi connectivity index (χ1) is 7.68. The maximum Gasteiger partial charge on any atom is 0.252 e. The van der Waals surface area contributed by atoms with Crippen molar-refractivity contribution in [2.45, 2.75) is 39.0 Å². The Labute approximate surface area is 96.5 Å². The molecule has 16 heavy (non-hydrogen) atoms. The monoisotopic (exact) mass is 227 g/mol. The molecule has 0 bridgehead atoms. The molecule has 5 heteroatoms. The molecule has 0 aliphatic carbocycles. The predicted molar refractivity (Wildman–Crippen MR) is 61.5 cm³/mol. The molecule has 0 aromatic carbocycles. The molecule has 1 heterocycles. The van der Waals surface area contributed by atoms with Crippen molar-refractivity contribution < 1.29 is 9.59 Å². The zero-order valence-electron chi connectivity index (χ0n) is 9.92. The van der Waals surface area contributed by atoms with Crippen LogP contribution in [0.1, 0.15) is 39.0 Å². The molecule has 1 aliphatic rings. The van der Waals surface area contributed by atoms with Gasteiger partial charge >= 0.3 is 0 Å². The van der Waals surface area contributed by atoms with Gasteiger partial charge in [0.05, 0.1) is 6.54 Å². The lowest BCUT2D eigenvalue weighted by atomic mass is 10.1. The minimum atomic E-state index is -0.249. The first-order valence-corrected chi connectivity index (χ1v) is 5.96. The van der Waals surface area contributed by atoms with Crippen LogP contribution in [0.15, 0.2) is 0 Å². The van der Waals surface area contributed by atoms with Gasteiger partial charge < -0.3 is 0 Å². The van der Waals surface area contributed by atoms with E-state index >= 15 is 0 Å². The van der Waals surface area contributed by atoms with Gasteiger partial charge in [0.1, 0.15) is 0 Å². The van der Waals surface area contributed by atoms with E-state index in [4.69, 9.17) is 0 Å². The molecular weight excluding hydrogens is 206 g/mol. The Balaban J connectivity index is 2.22. The Kier molecular flexibility index (Phi) is 5.85. The van der Waals surface area contributed by atoms with Crippen molar-refractivity contribution in [3.8, 4) is 0 Å². The van der Waals surface area contributed by atoms with Gasteiger partial charge in [-0.3, -0.25) is 25.3 Å². The van der Waals surface area contributed by atoms with Crippen molar-refractivity contribution in [1.29, 1.82) is 0 Å². The number of carbonyl (C=O) groups excluding carboxylic acids is 2. The number of likely N-dealkylation sites (tertiary alicyclic amines) is 1. The fourth-order valence-corrected chi connectivity index (χ4v) is 1.87. The molecular formula is C11H21N3O2. The molecule has 2 amide bonds. The Morgan fingerprint density at radius 2 is 1.56 bits per heavy atom. The van der Waals surface area contributed by atoms with Crippen LogP contribution in [0.3, 0.4) is 0 Å². The molecule has 0 aromatic rings. The molecule has 1 saturated heterocycles. The molecule has 0 radical (unpaired) electrons. The van der Waals surface area contributed by atoms with E-state index in [-0.39, 0.29) is 11.8 Å². The molecule has 1 fully saturated rings. The largest absolute Gasteiger partial charge is 0.294 e. The van der Waals surface area contributed by atoms with Gasteiger partial charge in [-0.2, -0.15) is 0 Å². The van der Waals surface area contributed by atoms with Crippen molar-refractivity contribution in [2.75, 3.05) is 19.6 Å². The second-order valence-corrected chi connectivity index (χ2v) is 4.27. The van der Waals surface area contributed by atoms with Crippen molar-refractivity contribution in [3.05, 3.63) is 0 Å². The Bertz CT molecular complexity index is 235. The van der Waals surface area contributed by atoms with E-state index in [1.54, 1.807) is 0 Å². The van der Waals surface area contributed by atoms with Gasteiger partial charge in [0.2, 0.25) is 5.91 Å². The summed E-state index contributed by atoms with van der Waals surface area (Å²) >= 11 is 0. The predicted octanol–water partition coefficient (Wildman–Crippen LogP) is 0.420. The summed E-state index contributed by atoms with van der Waals surface area (Å²) in [5, 5.41) is 0. The zero-order valence-corrected chi connectivity index (χ0v) is 9.92. The van der Waals surface area contributed by atoms with Gasteiger partial charge in [0, 0.05) is 6.92 Å². The molecule has 0 saturated carbocycles. The zero-order chi connectivity index (χ0) is 11.8. The van der Waals surface area contributed by atoms with E-state index in [1.807, 2.05) is 0 Å². The highest BCUT2D eigenvalue weighted by Gasteiger charge is 2.11. The third kappa shape index (κ3) is 5.70. The maximum atomic E-state index is 11.4. The average Bonchev–Trinajstić information content (AvgIpc) is 2.19. The summed E-state index contributed by atoms with van der Waals surface area (Å²) in [4.78, 5) is 24.2. The topological polar surface area (TPSA) is 61.4 Å². The second kappa shape index (κ2) is 7.22. The highest BCUT2D eigenvalue weighted by atomic mass is 16.2. The molecule has 1 aliphatic heterocycles. The molecule has 2 N–H and O–H groups in total. The summed E-state index contributed by atoms with van der Waals surface area (Å²) in [5.41, 5.74) is 4.68. The summed E-state index contributed by atoms with van der Waals surface area (Å²) in [7, 11) is 0. The first-order valence-electron chi connectivity index (χ1n) is 5.96. The number of rotatable bonds is 2. The SMILES string of the molecule is CC(=O)NNC(=O)CN1CCCCCCC1. The molecule has 92 valence electrons. The maximum absolute atomic E-state index is 11.4. The van der Waals surface area contributed by atoms with Crippen LogP contribution in [-0.4, -0.2) is 36.3 Å². The van der Waals surface area contributed by atoms with E-state index in [0.717, 1.165) is 25.9 Å². The van der Waals surface area contributed by atoms with Crippen LogP contribution in [0.25, 0.3) is 0 Å². The quantitative estimate of drug-likeness (QED) is 0.672. The minimum absolute atomic E-state index is 0.143. The van der Waals surface area contributed by atoms with Crippen molar-refractivity contribution in [1.82, 2.24) is 15.8 Å². The number of hydrogen-bond acceptors (Lipinski definition) is 3. The van der Waals surface area contributed by atoms with Gasteiger partial charge in [0.25, 0.3) is 5.91 Å². The molecule has 0 unspecified atom stereocenters. The van der Waals surface area contributed by atoms with Crippen LogP contribution >= 0.6 is 0 Å². The Morgan fingerprint density at radius 3 is 2.12 bits per heavy atom. The van der Waals surface area contributed by atoms with Gasteiger partial charge in [0.15, 0.2) is 0 Å². The lowest BCUT2D eigenvalue weighted by Gasteiger charge is -2.23. The van der Waals surface area contributed by atoms with Gasteiger partial charge in [-0.1, -0.05) is 19.3 Å². The second-order valence-electron chi connectivity index (χ2n) is 4.27. The first kappa shape index (κ1) is 13.0. The molecule has 1 rings (SSSR count). The Hall–Kier alpha value is -1.10. The van der Waals surface area contributed by atoms with Crippen LogP contribution in [-0.2, 0) is 9.59 Å². The molecule has 0 spiro atoms. The van der Waals surface area contributed by atoms with Crippen LogP contribution in [0.4, 0.5) is 0 Å². The van der Waals surface area contributed by atoms with Crippen molar-refractivity contribution >= 4 is 11.8 Å². The fraction of sp³-hybridized carbons (Fsp3) is 0.818. The van der Waals surface area contributed by atoms with Crippen molar-refractivity contribution in [2.24, 2.45) is 0 Å². The van der Waals surface area contributed by atoms with Crippen molar-refractivity contribution in [3.63, 3.8) is 0 Å². The van der Waals surface area contributed by atoms with Gasteiger partial charge in [-0.05, 0) is 25.9 Å². The van der Waals surface area contributed by atoms with E-state index in [2.05, 4.69) is 15.8 Å². The Morgan fingerprint density at radius 1 is 1.00 bits per heavy atom. The number of carbonyl (C=O) groups is 2. The van der Waals surface area contributed by atoms with Crippen LogP contribution in [0, 0.1) is 0 Å². The highest BCUT2D eigenvalue weighted by molar-refractivity contribution is 5.81. The standard InChI is InChI=1S/C11H21N3O2/c1-10(15)12-13-11(16)9-14-7-5-3-2-4-6-8-14/h2-9H2,1H3,(H,12,15)(H,13,16). The van der Waals surface area contributed by atoms with E-state index < -0.39 is 0 Å². The summed E-state index contributed by atoms with van der Waals surface area (Å²) < 4.78 is 0. The fourth-order valence-electron chi connectivity index (χ4n) is 1.87. The third-order valence-corrected chi connectivity index (χ3v) is 2.69. The minimum Gasteiger partial charge on any atom is -0.294 e. The number of amides is 2. The normalized spacial score (nSPS) is 18.3. The molecule has 0 aromatic heterocycles. The smallest absolute Gasteiger partial charge is 0.252 e. The summed E-state index contributed by atoms with van der Waals surface area (Å²) in [6, 6.07) is 0. The summed E-state index contributed by atoms with van der Waals surface area (Å²) in [6.45, 7) is 3.71. The lowest BCUT2D eigenvalue weighted by molar-refractivity contribution is -0.128. The highest BCUT2D eigenvalue weighted by Crippen LogP contribution is 2.09. The summed E-state index contributed by atoms with van der Waals surface area (Å²) in [5.74, 6) is -0.392. The average molecular weight is 227 g/mol.